The summed E-state index contributed by atoms with van der Waals surface area (Å²) in [5.41, 5.74) is 2.27. The molecule has 1 aliphatic heterocycles. The second-order valence-corrected chi connectivity index (χ2v) is 4.02. The summed E-state index contributed by atoms with van der Waals surface area (Å²) in [5, 5.41) is 4.52. The van der Waals surface area contributed by atoms with Gasteiger partial charge in [-0.05, 0) is 23.8 Å². The topological polar surface area (TPSA) is 34.2 Å². The Kier molecular flexibility index (Phi) is 2.56. The highest BCUT2D eigenvalue weighted by atomic mass is 16.5. The summed E-state index contributed by atoms with van der Waals surface area (Å²) in [6, 6.07) is 10.4. The van der Waals surface area contributed by atoms with Gasteiger partial charge in [-0.15, -0.1) is 0 Å². The predicted molar refractivity (Wildman–Crippen MR) is 63.3 cm³/mol. The van der Waals surface area contributed by atoms with Crippen molar-refractivity contribution in [1.82, 2.24) is 10.3 Å². The van der Waals surface area contributed by atoms with Gasteiger partial charge in [-0.25, -0.2) is 0 Å². The van der Waals surface area contributed by atoms with Crippen molar-refractivity contribution in [2.75, 3.05) is 19.7 Å². The summed E-state index contributed by atoms with van der Waals surface area (Å²) in [6.45, 7) is 2.63. The molecule has 0 spiro atoms. The third-order valence-corrected chi connectivity index (χ3v) is 2.93. The summed E-state index contributed by atoms with van der Waals surface area (Å²) < 4.78 is 5.73. The van der Waals surface area contributed by atoms with E-state index < -0.39 is 0 Å². The number of fused-ring (bicyclic) bond motifs is 1. The zero-order chi connectivity index (χ0) is 10.8. The Morgan fingerprint density at radius 3 is 3.19 bits per heavy atom. The van der Waals surface area contributed by atoms with Gasteiger partial charge in [-0.2, -0.15) is 0 Å². The summed E-state index contributed by atoms with van der Waals surface area (Å²) in [5.74, 6) is 0. The van der Waals surface area contributed by atoms with E-state index in [0.29, 0.717) is 0 Å². The highest BCUT2D eigenvalue weighted by Gasteiger charge is 2.15. The average molecular weight is 214 g/mol. The SMILES string of the molecule is c1cnc2ccc(C3CNCCO3)cc2c1. The van der Waals surface area contributed by atoms with Crippen LogP contribution in [0.15, 0.2) is 36.5 Å². The van der Waals surface area contributed by atoms with Crippen LogP contribution < -0.4 is 5.32 Å². The maximum absolute atomic E-state index is 5.73. The Labute approximate surface area is 94.5 Å². The third-order valence-electron chi connectivity index (χ3n) is 2.93. The normalized spacial score (nSPS) is 21.1. The molecule has 1 unspecified atom stereocenters. The minimum absolute atomic E-state index is 0.179. The molecule has 3 rings (SSSR count). The van der Waals surface area contributed by atoms with E-state index in [9.17, 15) is 0 Å². The van der Waals surface area contributed by atoms with E-state index in [1.54, 1.807) is 0 Å². The van der Waals surface area contributed by atoms with Gasteiger partial charge in [-0.1, -0.05) is 12.1 Å². The summed E-state index contributed by atoms with van der Waals surface area (Å²) in [7, 11) is 0. The van der Waals surface area contributed by atoms with Crippen molar-refractivity contribution in [2.24, 2.45) is 0 Å². The minimum Gasteiger partial charge on any atom is -0.371 e. The van der Waals surface area contributed by atoms with Crippen LogP contribution in [0.1, 0.15) is 11.7 Å². The van der Waals surface area contributed by atoms with E-state index in [-0.39, 0.29) is 6.10 Å². The van der Waals surface area contributed by atoms with Crippen LogP contribution in [0.3, 0.4) is 0 Å². The van der Waals surface area contributed by atoms with Crippen LogP contribution in [0.4, 0.5) is 0 Å². The molecule has 3 nitrogen and oxygen atoms in total. The molecule has 1 atom stereocenters. The number of pyridine rings is 1. The smallest absolute Gasteiger partial charge is 0.0950 e. The van der Waals surface area contributed by atoms with E-state index in [1.165, 1.54) is 10.9 Å². The van der Waals surface area contributed by atoms with E-state index >= 15 is 0 Å². The van der Waals surface area contributed by atoms with Gasteiger partial charge in [0.25, 0.3) is 0 Å². The van der Waals surface area contributed by atoms with Crippen LogP contribution in [-0.2, 0) is 4.74 Å². The second-order valence-electron chi connectivity index (χ2n) is 4.02. The van der Waals surface area contributed by atoms with Crippen LogP contribution in [0.2, 0.25) is 0 Å². The molecule has 3 heteroatoms. The number of nitrogens with zero attached hydrogens (tertiary/aromatic N) is 1. The van der Waals surface area contributed by atoms with Gasteiger partial charge in [0.2, 0.25) is 0 Å². The largest absolute Gasteiger partial charge is 0.371 e. The maximum atomic E-state index is 5.73. The number of aromatic nitrogens is 1. The van der Waals surface area contributed by atoms with Crippen molar-refractivity contribution in [1.29, 1.82) is 0 Å². The first kappa shape index (κ1) is 9.75. The molecule has 0 radical (unpaired) electrons. The van der Waals surface area contributed by atoms with E-state index in [4.69, 9.17) is 4.74 Å². The Hall–Kier alpha value is -1.45. The lowest BCUT2D eigenvalue weighted by molar-refractivity contribution is 0.0278. The van der Waals surface area contributed by atoms with Crippen molar-refractivity contribution in [2.45, 2.75) is 6.10 Å². The van der Waals surface area contributed by atoms with Crippen molar-refractivity contribution < 1.29 is 4.74 Å². The molecule has 1 aliphatic rings. The summed E-state index contributed by atoms with van der Waals surface area (Å²) >= 11 is 0. The number of hydrogen-bond donors (Lipinski definition) is 1. The number of nitrogens with one attached hydrogen (secondary N) is 1. The van der Waals surface area contributed by atoms with E-state index in [0.717, 1.165) is 25.2 Å². The molecule has 16 heavy (non-hydrogen) atoms. The van der Waals surface area contributed by atoms with Crippen molar-refractivity contribution >= 4 is 10.9 Å². The molecule has 0 amide bonds. The molecule has 1 aromatic carbocycles. The fourth-order valence-corrected chi connectivity index (χ4v) is 2.07. The van der Waals surface area contributed by atoms with Crippen molar-refractivity contribution in [3.63, 3.8) is 0 Å². The molecular formula is C13H14N2O. The zero-order valence-electron chi connectivity index (χ0n) is 9.02. The molecular weight excluding hydrogens is 200 g/mol. The number of rotatable bonds is 1. The van der Waals surface area contributed by atoms with E-state index in [2.05, 4.69) is 34.6 Å². The second kappa shape index (κ2) is 4.20. The Balaban J connectivity index is 1.97. The zero-order valence-corrected chi connectivity index (χ0v) is 9.02. The molecule has 1 N–H and O–H groups in total. The molecule has 1 aromatic heterocycles. The number of morpholine rings is 1. The monoisotopic (exact) mass is 214 g/mol. The van der Waals surface area contributed by atoms with E-state index in [1.807, 2.05) is 12.3 Å². The van der Waals surface area contributed by atoms with Gasteiger partial charge in [-0.3, -0.25) is 4.98 Å². The van der Waals surface area contributed by atoms with Gasteiger partial charge < -0.3 is 10.1 Å². The minimum atomic E-state index is 0.179. The quantitative estimate of drug-likeness (QED) is 0.787. The first-order valence-electron chi connectivity index (χ1n) is 5.60. The Morgan fingerprint density at radius 1 is 1.31 bits per heavy atom. The van der Waals surface area contributed by atoms with Crippen LogP contribution in [0, 0.1) is 0 Å². The number of ether oxygens (including phenoxy) is 1. The molecule has 0 bridgehead atoms. The summed E-state index contributed by atoms with van der Waals surface area (Å²) in [4.78, 5) is 4.31. The number of hydrogen-bond acceptors (Lipinski definition) is 3. The van der Waals surface area contributed by atoms with Crippen LogP contribution in [-0.4, -0.2) is 24.7 Å². The lowest BCUT2D eigenvalue weighted by Crippen LogP contribution is -2.33. The van der Waals surface area contributed by atoms with Crippen molar-refractivity contribution in [3.8, 4) is 0 Å². The maximum Gasteiger partial charge on any atom is 0.0950 e. The van der Waals surface area contributed by atoms with Crippen LogP contribution >= 0.6 is 0 Å². The average Bonchev–Trinajstić information content (AvgIpc) is 2.39. The highest BCUT2D eigenvalue weighted by Crippen LogP contribution is 2.22. The van der Waals surface area contributed by atoms with Crippen molar-refractivity contribution in [3.05, 3.63) is 42.1 Å². The molecule has 82 valence electrons. The molecule has 1 saturated heterocycles. The van der Waals surface area contributed by atoms with Gasteiger partial charge in [0.1, 0.15) is 0 Å². The molecule has 0 aliphatic carbocycles. The lowest BCUT2D eigenvalue weighted by atomic mass is 10.1. The number of benzene rings is 1. The van der Waals surface area contributed by atoms with Crippen LogP contribution in [0.25, 0.3) is 10.9 Å². The fraction of sp³-hybridized carbons (Fsp3) is 0.308. The molecule has 1 fully saturated rings. The summed E-state index contributed by atoms with van der Waals surface area (Å²) in [6.07, 6.45) is 2.00. The predicted octanol–water partition coefficient (Wildman–Crippen LogP) is 1.90. The fourth-order valence-electron chi connectivity index (χ4n) is 2.07. The Morgan fingerprint density at radius 2 is 2.31 bits per heavy atom. The van der Waals surface area contributed by atoms with Gasteiger partial charge in [0.15, 0.2) is 0 Å². The lowest BCUT2D eigenvalue weighted by Gasteiger charge is -2.24. The van der Waals surface area contributed by atoms with Gasteiger partial charge >= 0.3 is 0 Å². The molecule has 0 saturated carbocycles. The highest BCUT2D eigenvalue weighted by molar-refractivity contribution is 5.79. The Bertz CT molecular complexity index is 492. The first-order valence-corrected chi connectivity index (χ1v) is 5.60. The van der Waals surface area contributed by atoms with Gasteiger partial charge in [0, 0.05) is 24.7 Å². The third kappa shape index (κ3) is 1.79. The molecule has 2 aromatic rings. The van der Waals surface area contributed by atoms with Gasteiger partial charge in [0.05, 0.1) is 18.2 Å². The van der Waals surface area contributed by atoms with Crippen LogP contribution in [0.5, 0.6) is 0 Å². The first-order chi connectivity index (χ1) is 7.93. The standard InChI is InChI=1S/C13H14N2O/c1-2-10-8-11(3-4-12(10)15-5-1)13-9-14-6-7-16-13/h1-5,8,13-14H,6-7,9H2. The molecule has 2 heterocycles.